The van der Waals surface area contributed by atoms with Gasteiger partial charge in [0.2, 0.25) is 0 Å². The van der Waals surface area contributed by atoms with Crippen molar-refractivity contribution in [3.63, 3.8) is 0 Å². The lowest BCUT2D eigenvalue weighted by molar-refractivity contribution is -0.104. The van der Waals surface area contributed by atoms with Crippen LogP contribution in [0.3, 0.4) is 0 Å². The average Bonchev–Trinajstić information content (AvgIpc) is 2.84. The van der Waals surface area contributed by atoms with Crippen LogP contribution in [-0.4, -0.2) is 38.4 Å². The van der Waals surface area contributed by atoms with Crippen molar-refractivity contribution in [1.29, 1.82) is 0 Å². The summed E-state index contributed by atoms with van der Waals surface area (Å²) >= 11 is 0. The second-order valence-electron chi connectivity index (χ2n) is 7.86. The van der Waals surface area contributed by atoms with Crippen molar-refractivity contribution in [2.45, 2.75) is 6.92 Å². The summed E-state index contributed by atoms with van der Waals surface area (Å²) in [5.74, 6) is -0.132. The van der Waals surface area contributed by atoms with Gasteiger partial charge < -0.3 is 15.5 Å². The molecule has 5 nitrogen and oxygen atoms in total. The third kappa shape index (κ3) is 4.95. The van der Waals surface area contributed by atoms with E-state index in [9.17, 15) is 9.59 Å². The molecule has 0 atom stereocenters. The Morgan fingerprint density at radius 2 is 1.72 bits per heavy atom. The standard InChI is InChI=1S/C27H27N3O2/c1-20-18-21(6-5-17-31)9-11-24(20)25-12-10-23(30-15-13-28-14-16-30)19-26(25)29-27(32)22-7-3-2-4-8-22/h2-12,17-19,28H,13-16H2,1H3,(H,29,32)/b6-5+. The lowest BCUT2D eigenvalue weighted by Crippen LogP contribution is -2.43. The second kappa shape index (κ2) is 10.1. The van der Waals surface area contributed by atoms with E-state index in [2.05, 4.69) is 33.7 Å². The number of anilines is 2. The first kappa shape index (κ1) is 21.5. The van der Waals surface area contributed by atoms with E-state index in [1.807, 2.05) is 55.5 Å². The van der Waals surface area contributed by atoms with Gasteiger partial charge >= 0.3 is 0 Å². The molecule has 0 radical (unpaired) electrons. The molecule has 1 aliphatic heterocycles. The first-order valence-electron chi connectivity index (χ1n) is 10.8. The molecular weight excluding hydrogens is 398 g/mol. The SMILES string of the molecule is Cc1cc(/C=C/C=O)ccc1-c1ccc(N2CCNCC2)cc1NC(=O)c1ccccc1. The Bertz CT molecular complexity index is 1130. The lowest BCUT2D eigenvalue weighted by Gasteiger charge is -2.30. The van der Waals surface area contributed by atoms with E-state index in [0.717, 1.165) is 66.1 Å². The van der Waals surface area contributed by atoms with Crippen LogP contribution in [0.4, 0.5) is 11.4 Å². The molecule has 1 heterocycles. The Labute approximate surface area is 188 Å². The van der Waals surface area contributed by atoms with Crippen LogP contribution < -0.4 is 15.5 Å². The monoisotopic (exact) mass is 425 g/mol. The minimum absolute atomic E-state index is 0.132. The van der Waals surface area contributed by atoms with Gasteiger partial charge in [-0.05, 0) is 54.0 Å². The van der Waals surface area contributed by atoms with Gasteiger partial charge in [0.1, 0.15) is 6.29 Å². The summed E-state index contributed by atoms with van der Waals surface area (Å²) in [6.45, 7) is 5.80. The summed E-state index contributed by atoms with van der Waals surface area (Å²) in [5, 5.41) is 6.52. The van der Waals surface area contributed by atoms with E-state index in [-0.39, 0.29) is 5.91 Å². The topological polar surface area (TPSA) is 61.4 Å². The summed E-state index contributed by atoms with van der Waals surface area (Å²) in [6, 6.07) is 21.6. The molecule has 4 rings (SSSR count). The van der Waals surface area contributed by atoms with Crippen molar-refractivity contribution in [2.75, 3.05) is 36.4 Å². The average molecular weight is 426 g/mol. The summed E-state index contributed by atoms with van der Waals surface area (Å²) in [7, 11) is 0. The first-order valence-corrected chi connectivity index (χ1v) is 10.8. The number of nitrogens with zero attached hydrogens (tertiary/aromatic N) is 1. The highest BCUT2D eigenvalue weighted by Gasteiger charge is 2.16. The molecule has 32 heavy (non-hydrogen) atoms. The molecule has 0 saturated carbocycles. The van der Waals surface area contributed by atoms with Gasteiger partial charge in [-0.3, -0.25) is 9.59 Å². The molecule has 0 aliphatic carbocycles. The molecule has 2 N–H and O–H groups in total. The van der Waals surface area contributed by atoms with Crippen molar-refractivity contribution >= 4 is 29.6 Å². The number of carbonyl (C=O) groups excluding carboxylic acids is 2. The molecule has 1 amide bonds. The van der Waals surface area contributed by atoms with Crippen LogP contribution in [0, 0.1) is 6.92 Å². The molecule has 1 saturated heterocycles. The van der Waals surface area contributed by atoms with Crippen LogP contribution in [0.1, 0.15) is 21.5 Å². The van der Waals surface area contributed by atoms with Crippen LogP contribution in [0.15, 0.2) is 72.8 Å². The van der Waals surface area contributed by atoms with E-state index >= 15 is 0 Å². The number of allylic oxidation sites excluding steroid dienone is 1. The third-order valence-electron chi connectivity index (χ3n) is 5.68. The van der Waals surface area contributed by atoms with E-state index in [4.69, 9.17) is 0 Å². The zero-order valence-electron chi connectivity index (χ0n) is 18.2. The largest absolute Gasteiger partial charge is 0.369 e. The van der Waals surface area contributed by atoms with Gasteiger partial charge in [0, 0.05) is 43.0 Å². The molecule has 162 valence electrons. The molecule has 0 unspecified atom stereocenters. The number of benzene rings is 3. The normalized spacial score (nSPS) is 13.8. The molecule has 1 aliphatic rings. The third-order valence-corrected chi connectivity index (χ3v) is 5.68. The number of nitrogens with one attached hydrogen (secondary N) is 2. The fourth-order valence-corrected chi connectivity index (χ4v) is 4.02. The van der Waals surface area contributed by atoms with Gasteiger partial charge in [0.15, 0.2) is 0 Å². The molecule has 1 fully saturated rings. The first-order chi connectivity index (χ1) is 15.7. The Kier molecular flexibility index (Phi) is 6.78. The van der Waals surface area contributed by atoms with Gasteiger partial charge in [0.25, 0.3) is 5.91 Å². The fraction of sp³-hybridized carbons (Fsp3) is 0.185. The molecule has 3 aromatic carbocycles. The summed E-state index contributed by atoms with van der Waals surface area (Å²) in [4.78, 5) is 25.9. The fourth-order valence-electron chi connectivity index (χ4n) is 4.02. The number of amides is 1. The van der Waals surface area contributed by atoms with Gasteiger partial charge in [-0.2, -0.15) is 0 Å². The zero-order valence-corrected chi connectivity index (χ0v) is 18.2. The van der Waals surface area contributed by atoms with E-state index < -0.39 is 0 Å². The van der Waals surface area contributed by atoms with Gasteiger partial charge in [-0.1, -0.05) is 48.5 Å². The Morgan fingerprint density at radius 3 is 2.44 bits per heavy atom. The highest BCUT2D eigenvalue weighted by atomic mass is 16.1. The number of aryl methyl sites for hydroxylation is 1. The van der Waals surface area contributed by atoms with Crippen molar-refractivity contribution in [2.24, 2.45) is 0 Å². The van der Waals surface area contributed by atoms with Crippen molar-refractivity contribution in [3.05, 3.63) is 89.5 Å². The zero-order chi connectivity index (χ0) is 22.3. The predicted octanol–water partition coefficient (Wildman–Crippen LogP) is 4.54. The second-order valence-corrected chi connectivity index (χ2v) is 7.86. The maximum Gasteiger partial charge on any atom is 0.255 e. The maximum absolute atomic E-state index is 13.0. The van der Waals surface area contributed by atoms with Gasteiger partial charge in [0.05, 0.1) is 5.69 Å². The highest BCUT2D eigenvalue weighted by Crippen LogP contribution is 2.35. The summed E-state index contributed by atoms with van der Waals surface area (Å²) in [5.41, 5.74) is 6.56. The van der Waals surface area contributed by atoms with E-state index in [1.165, 1.54) is 6.08 Å². The van der Waals surface area contributed by atoms with Crippen LogP contribution in [-0.2, 0) is 4.79 Å². The maximum atomic E-state index is 13.0. The Morgan fingerprint density at radius 1 is 0.969 bits per heavy atom. The molecular formula is C27H27N3O2. The number of hydrogen-bond donors (Lipinski definition) is 2. The summed E-state index contributed by atoms with van der Waals surface area (Å²) in [6.07, 6.45) is 4.05. The molecule has 0 bridgehead atoms. The molecule has 3 aromatic rings. The van der Waals surface area contributed by atoms with Crippen LogP contribution in [0.25, 0.3) is 17.2 Å². The molecule has 0 spiro atoms. The van der Waals surface area contributed by atoms with Crippen LogP contribution in [0.5, 0.6) is 0 Å². The van der Waals surface area contributed by atoms with Crippen LogP contribution >= 0.6 is 0 Å². The van der Waals surface area contributed by atoms with Gasteiger partial charge in [-0.25, -0.2) is 0 Å². The number of aldehydes is 1. The lowest BCUT2D eigenvalue weighted by atomic mass is 9.96. The Balaban J connectivity index is 1.73. The van der Waals surface area contributed by atoms with Gasteiger partial charge in [-0.15, -0.1) is 0 Å². The minimum Gasteiger partial charge on any atom is -0.369 e. The van der Waals surface area contributed by atoms with E-state index in [1.54, 1.807) is 6.08 Å². The number of hydrogen-bond acceptors (Lipinski definition) is 4. The van der Waals surface area contributed by atoms with Crippen molar-refractivity contribution in [3.8, 4) is 11.1 Å². The highest BCUT2D eigenvalue weighted by molar-refractivity contribution is 6.06. The number of rotatable bonds is 6. The quantitative estimate of drug-likeness (QED) is 0.450. The Hall–Kier alpha value is -3.70. The van der Waals surface area contributed by atoms with Crippen molar-refractivity contribution in [1.82, 2.24) is 5.32 Å². The van der Waals surface area contributed by atoms with Crippen molar-refractivity contribution < 1.29 is 9.59 Å². The minimum atomic E-state index is -0.132. The van der Waals surface area contributed by atoms with Crippen LogP contribution in [0.2, 0.25) is 0 Å². The smallest absolute Gasteiger partial charge is 0.255 e. The predicted molar refractivity (Wildman–Crippen MR) is 131 cm³/mol. The van der Waals surface area contributed by atoms with E-state index in [0.29, 0.717) is 5.56 Å². The number of carbonyl (C=O) groups is 2. The number of piperazine rings is 1. The molecule has 0 aromatic heterocycles. The molecule has 5 heteroatoms. The summed E-state index contributed by atoms with van der Waals surface area (Å²) < 4.78 is 0.